The van der Waals surface area contributed by atoms with Gasteiger partial charge in [-0.15, -0.1) is 0 Å². The number of nitrogens with one attached hydrogen (secondary N) is 1. The normalized spacial score (nSPS) is 20.4. The minimum atomic E-state index is -0.262. The molecule has 102 valence electrons. The molecule has 1 amide bonds. The van der Waals surface area contributed by atoms with Gasteiger partial charge in [-0.2, -0.15) is 4.73 Å². The Morgan fingerprint density at radius 3 is 2.75 bits per heavy atom. The lowest BCUT2D eigenvalue weighted by Crippen LogP contribution is -2.29. The van der Waals surface area contributed by atoms with Crippen LogP contribution >= 0.6 is 0 Å². The van der Waals surface area contributed by atoms with Crippen LogP contribution in [-0.2, 0) is 0 Å². The fourth-order valence-corrected chi connectivity index (χ4v) is 2.28. The highest BCUT2D eigenvalue weighted by atomic mass is 19.1. The lowest BCUT2D eigenvalue weighted by atomic mass is 10.1. The van der Waals surface area contributed by atoms with Gasteiger partial charge in [-0.05, 0) is 24.1 Å². The molecule has 1 fully saturated rings. The van der Waals surface area contributed by atoms with E-state index in [0.717, 1.165) is 12.0 Å². The van der Waals surface area contributed by atoms with Gasteiger partial charge < -0.3 is 10.5 Å². The summed E-state index contributed by atoms with van der Waals surface area (Å²) < 4.78 is 13.8. The van der Waals surface area contributed by atoms with Crippen molar-refractivity contribution in [3.8, 4) is 0 Å². The second kappa shape index (κ2) is 4.92. The Balaban J connectivity index is 1.63. The van der Waals surface area contributed by atoms with Crippen molar-refractivity contribution >= 4 is 5.91 Å². The second-order valence-corrected chi connectivity index (χ2v) is 4.92. The summed E-state index contributed by atoms with van der Waals surface area (Å²) in [5.41, 5.74) is 1.35. The highest BCUT2D eigenvalue weighted by Crippen LogP contribution is 2.40. The largest absolute Gasteiger partial charge is 0.619 e. The van der Waals surface area contributed by atoms with Crippen LogP contribution in [0.15, 0.2) is 48.8 Å². The van der Waals surface area contributed by atoms with Crippen molar-refractivity contribution in [1.29, 1.82) is 0 Å². The van der Waals surface area contributed by atoms with Gasteiger partial charge in [0.25, 0.3) is 5.91 Å². The highest BCUT2D eigenvalue weighted by Gasteiger charge is 2.39. The van der Waals surface area contributed by atoms with E-state index in [1.807, 2.05) is 6.07 Å². The first kappa shape index (κ1) is 12.6. The highest BCUT2D eigenvalue weighted by molar-refractivity contribution is 5.94. The van der Waals surface area contributed by atoms with Gasteiger partial charge in [-0.1, -0.05) is 12.1 Å². The molecule has 1 saturated carbocycles. The standard InChI is InChI=1S/C15H13FN2O2/c16-12-3-1-2-11(8-12)13-9-14(13)17-15(19)10-4-6-18(20)7-5-10/h1-8,13-14H,9H2,(H,17,19)/t13-,14+/m1/s1. The summed E-state index contributed by atoms with van der Waals surface area (Å²) in [6, 6.07) is 9.42. The molecule has 2 atom stereocenters. The molecule has 0 bridgehead atoms. The van der Waals surface area contributed by atoms with Crippen LogP contribution in [0.3, 0.4) is 0 Å². The topological polar surface area (TPSA) is 56.0 Å². The summed E-state index contributed by atoms with van der Waals surface area (Å²) in [6.45, 7) is 0. The van der Waals surface area contributed by atoms with Crippen LogP contribution in [-0.4, -0.2) is 11.9 Å². The van der Waals surface area contributed by atoms with E-state index >= 15 is 0 Å². The van der Waals surface area contributed by atoms with E-state index < -0.39 is 0 Å². The maximum atomic E-state index is 13.1. The first-order valence-corrected chi connectivity index (χ1v) is 6.38. The zero-order valence-corrected chi connectivity index (χ0v) is 10.6. The molecule has 1 aliphatic carbocycles. The third kappa shape index (κ3) is 2.61. The molecule has 0 saturated heterocycles. The van der Waals surface area contributed by atoms with Gasteiger partial charge in [0.2, 0.25) is 0 Å². The number of amides is 1. The summed E-state index contributed by atoms with van der Waals surface area (Å²) >= 11 is 0. The third-order valence-electron chi connectivity index (χ3n) is 3.45. The number of nitrogens with zero attached hydrogens (tertiary/aromatic N) is 1. The first-order valence-electron chi connectivity index (χ1n) is 6.38. The molecule has 1 aliphatic rings. The molecule has 20 heavy (non-hydrogen) atoms. The van der Waals surface area contributed by atoms with Crippen LogP contribution in [0.25, 0.3) is 0 Å². The molecule has 0 unspecified atom stereocenters. The minimum absolute atomic E-state index is 0.0314. The van der Waals surface area contributed by atoms with Crippen LogP contribution < -0.4 is 10.0 Å². The number of hydrogen-bond acceptors (Lipinski definition) is 2. The maximum Gasteiger partial charge on any atom is 0.251 e. The first-order chi connectivity index (χ1) is 9.63. The van der Waals surface area contributed by atoms with Crippen LogP contribution in [0, 0.1) is 11.0 Å². The molecule has 0 radical (unpaired) electrons. The SMILES string of the molecule is O=C(N[C@H]1C[C@@H]1c1cccc(F)c1)c1cc[n+]([O-])cc1. The number of carbonyl (C=O) groups is 1. The van der Waals surface area contributed by atoms with Crippen molar-refractivity contribution in [2.75, 3.05) is 0 Å². The zero-order valence-electron chi connectivity index (χ0n) is 10.6. The van der Waals surface area contributed by atoms with Gasteiger partial charge in [-0.3, -0.25) is 4.79 Å². The summed E-state index contributed by atoms with van der Waals surface area (Å²) in [7, 11) is 0. The molecule has 1 N–H and O–H groups in total. The van der Waals surface area contributed by atoms with E-state index in [-0.39, 0.29) is 23.7 Å². The number of carbonyl (C=O) groups excluding carboxylic acids is 1. The van der Waals surface area contributed by atoms with Gasteiger partial charge in [-0.25, -0.2) is 4.39 Å². The molecule has 5 heteroatoms. The molecule has 1 aromatic carbocycles. The molecule has 0 spiro atoms. The van der Waals surface area contributed by atoms with Crippen molar-refractivity contribution in [2.24, 2.45) is 0 Å². The van der Waals surface area contributed by atoms with Crippen LogP contribution in [0.5, 0.6) is 0 Å². The third-order valence-corrected chi connectivity index (χ3v) is 3.45. The summed E-state index contributed by atoms with van der Waals surface area (Å²) in [5, 5.41) is 13.8. The number of aromatic nitrogens is 1. The van der Waals surface area contributed by atoms with E-state index in [4.69, 9.17) is 0 Å². The van der Waals surface area contributed by atoms with E-state index in [0.29, 0.717) is 10.3 Å². The quantitative estimate of drug-likeness (QED) is 0.683. The molecular formula is C15H13FN2O2. The van der Waals surface area contributed by atoms with Crippen LogP contribution in [0.1, 0.15) is 28.3 Å². The van der Waals surface area contributed by atoms with E-state index in [1.165, 1.54) is 36.7 Å². The van der Waals surface area contributed by atoms with E-state index in [1.54, 1.807) is 6.07 Å². The van der Waals surface area contributed by atoms with E-state index in [2.05, 4.69) is 5.32 Å². The van der Waals surface area contributed by atoms with Crippen molar-refractivity contribution in [3.05, 3.63) is 70.9 Å². The molecule has 0 aliphatic heterocycles. The predicted octanol–water partition coefficient (Wildman–Crippen LogP) is 1.75. The summed E-state index contributed by atoms with van der Waals surface area (Å²) in [4.78, 5) is 12.0. The van der Waals surface area contributed by atoms with Crippen molar-refractivity contribution in [2.45, 2.75) is 18.4 Å². The average Bonchev–Trinajstić information content (AvgIpc) is 3.18. The Bertz CT molecular complexity index is 643. The second-order valence-electron chi connectivity index (χ2n) is 4.92. The van der Waals surface area contributed by atoms with Gasteiger partial charge in [0.15, 0.2) is 12.4 Å². The lowest BCUT2D eigenvalue weighted by molar-refractivity contribution is -0.605. The summed E-state index contributed by atoms with van der Waals surface area (Å²) in [6.07, 6.45) is 3.38. The predicted molar refractivity (Wildman–Crippen MR) is 70.4 cm³/mol. The Morgan fingerprint density at radius 2 is 2.05 bits per heavy atom. The number of pyridine rings is 1. The number of rotatable bonds is 3. The fraction of sp³-hybridized carbons (Fsp3) is 0.200. The van der Waals surface area contributed by atoms with Crippen molar-refractivity contribution in [1.82, 2.24) is 5.32 Å². The Hall–Kier alpha value is -2.43. The molecule has 1 heterocycles. The summed E-state index contributed by atoms with van der Waals surface area (Å²) in [5.74, 6) is -0.306. The number of halogens is 1. The van der Waals surface area contributed by atoms with Gasteiger partial charge in [0.05, 0.1) is 5.56 Å². The molecule has 2 aromatic rings. The molecular weight excluding hydrogens is 259 g/mol. The monoisotopic (exact) mass is 272 g/mol. The van der Waals surface area contributed by atoms with Crippen LogP contribution in [0.4, 0.5) is 4.39 Å². The van der Waals surface area contributed by atoms with E-state index in [9.17, 15) is 14.4 Å². The van der Waals surface area contributed by atoms with Gasteiger partial charge in [0, 0.05) is 24.1 Å². The lowest BCUT2D eigenvalue weighted by Gasteiger charge is -2.05. The number of benzene rings is 1. The Morgan fingerprint density at radius 1 is 1.30 bits per heavy atom. The minimum Gasteiger partial charge on any atom is -0.619 e. The number of hydrogen-bond donors (Lipinski definition) is 1. The Kier molecular flexibility index (Phi) is 3.10. The average molecular weight is 272 g/mol. The van der Waals surface area contributed by atoms with Gasteiger partial charge >= 0.3 is 0 Å². The zero-order chi connectivity index (χ0) is 14.1. The molecule has 3 rings (SSSR count). The molecule has 1 aromatic heterocycles. The molecule has 4 nitrogen and oxygen atoms in total. The maximum absolute atomic E-state index is 13.1. The van der Waals surface area contributed by atoms with Crippen molar-refractivity contribution < 1.29 is 13.9 Å². The Labute approximate surface area is 115 Å². The smallest absolute Gasteiger partial charge is 0.251 e. The van der Waals surface area contributed by atoms with Gasteiger partial charge in [0.1, 0.15) is 5.82 Å². The van der Waals surface area contributed by atoms with Crippen molar-refractivity contribution in [3.63, 3.8) is 0 Å². The van der Waals surface area contributed by atoms with Crippen LogP contribution in [0.2, 0.25) is 0 Å². The fourth-order valence-electron chi connectivity index (χ4n) is 2.28.